The summed E-state index contributed by atoms with van der Waals surface area (Å²) in [5, 5.41) is 25.0. The number of imidazole rings is 1. The average molecular weight is 536 g/mol. The lowest BCUT2D eigenvalue weighted by Gasteiger charge is -2.13. The van der Waals surface area contributed by atoms with Crippen LogP contribution in [0.3, 0.4) is 0 Å². The van der Waals surface area contributed by atoms with Crippen molar-refractivity contribution >= 4 is 28.3 Å². The maximum atomic E-state index is 14.7. The molecule has 12 nitrogen and oxygen atoms in total. The number of benzene rings is 3. The molecule has 1 heterocycles. The van der Waals surface area contributed by atoms with Gasteiger partial charge in [-0.15, -0.1) is 0 Å². The van der Waals surface area contributed by atoms with Gasteiger partial charge < -0.3 is 21.4 Å². The van der Waals surface area contributed by atoms with E-state index >= 15 is 0 Å². The molecule has 1 atom stereocenters. The number of fused-ring (bicyclic) bond motifs is 1. The molecular formula is C26H26FN7O5. The molecule has 0 fully saturated rings. The first-order valence-corrected chi connectivity index (χ1v) is 12.1. The number of non-ortho nitro benzene ring substituents is 2. The van der Waals surface area contributed by atoms with Crippen molar-refractivity contribution in [1.82, 2.24) is 14.9 Å². The second kappa shape index (κ2) is 11.8. The molecule has 1 unspecified atom stereocenters. The summed E-state index contributed by atoms with van der Waals surface area (Å²) in [4.78, 5) is 38.8. The molecule has 0 aliphatic heterocycles. The highest BCUT2D eigenvalue weighted by Crippen LogP contribution is 2.28. The Balaban J connectivity index is 1.74. The lowest BCUT2D eigenvalue weighted by atomic mass is 10.0. The average Bonchev–Trinajstić information content (AvgIpc) is 3.29. The van der Waals surface area contributed by atoms with Crippen LogP contribution in [0.5, 0.6) is 0 Å². The second-order valence-corrected chi connectivity index (χ2v) is 8.96. The van der Waals surface area contributed by atoms with Crippen LogP contribution < -0.4 is 16.8 Å². The van der Waals surface area contributed by atoms with Gasteiger partial charge in [0.05, 0.1) is 27.4 Å². The van der Waals surface area contributed by atoms with Crippen LogP contribution in [0, 0.1) is 26.0 Å². The topological polar surface area (TPSA) is 185 Å². The number of nitro groups is 2. The molecule has 4 rings (SSSR count). The lowest BCUT2D eigenvalue weighted by Crippen LogP contribution is -2.38. The monoisotopic (exact) mass is 535 g/mol. The molecule has 0 radical (unpaired) electrons. The van der Waals surface area contributed by atoms with Gasteiger partial charge in [0.25, 0.3) is 17.3 Å². The Morgan fingerprint density at radius 1 is 1.00 bits per heavy atom. The van der Waals surface area contributed by atoms with E-state index in [0.29, 0.717) is 41.5 Å². The van der Waals surface area contributed by atoms with E-state index in [1.165, 1.54) is 16.7 Å². The highest BCUT2D eigenvalue weighted by Gasteiger charge is 2.21. The Labute approximate surface area is 221 Å². The molecule has 5 N–H and O–H groups in total. The van der Waals surface area contributed by atoms with E-state index in [4.69, 9.17) is 11.5 Å². The molecule has 39 heavy (non-hydrogen) atoms. The number of nitrogens with zero attached hydrogens (tertiary/aromatic N) is 4. The van der Waals surface area contributed by atoms with Gasteiger partial charge in [0, 0.05) is 42.4 Å². The number of carbonyl (C=O) groups excluding carboxylic acids is 1. The maximum Gasteiger partial charge on any atom is 0.287 e. The normalized spacial score (nSPS) is 11.9. The molecule has 3 aromatic carbocycles. The number of rotatable bonds is 11. The van der Waals surface area contributed by atoms with Gasteiger partial charge in [0.2, 0.25) is 0 Å². The molecule has 1 aromatic heterocycles. The number of aromatic nitrogens is 2. The molecule has 0 bridgehead atoms. The van der Waals surface area contributed by atoms with Crippen LogP contribution in [-0.4, -0.2) is 44.4 Å². The summed E-state index contributed by atoms with van der Waals surface area (Å²) < 4.78 is 16.2. The molecule has 0 saturated heterocycles. The van der Waals surface area contributed by atoms with Crippen molar-refractivity contribution in [2.75, 3.05) is 13.1 Å². The first-order valence-electron chi connectivity index (χ1n) is 12.1. The third-order valence-corrected chi connectivity index (χ3v) is 6.24. The van der Waals surface area contributed by atoms with E-state index in [1.54, 1.807) is 30.3 Å². The van der Waals surface area contributed by atoms with Crippen LogP contribution in [0.15, 0.2) is 60.7 Å². The minimum atomic E-state index is -0.667. The highest BCUT2D eigenvalue weighted by molar-refractivity contribution is 5.95. The number of nitrogens with one attached hydrogen (secondary N) is 1. The van der Waals surface area contributed by atoms with Crippen molar-refractivity contribution in [3.63, 3.8) is 0 Å². The summed E-state index contributed by atoms with van der Waals surface area (Å²) in [6.45, 7) is 0.452. The summed E-state index contributed by atoms with van der Waals surface area (Å²) in [5.41, 5.74) is 13.5. The molecule has 4 aromatic rings. The predicted molar refractivity (Wildman–Crippen MR) is 143 cm³/mol. The van der Waals surface area contributed by atoms with E-state index in [1.807, 2.05) is 0 Å². The fourth-order valence-corrected chi connectivity index (χ4v) is 4.17. The molecule has 0 aliphatic carbocycles. The predicted octanol–water partition coefficient (Wildman–Crippen LogP) is 3.50. The van der Waals surface area contributed by atoms with Crippen LogP contribution in [-0.2, 0) is 6.54 Å². The zero-order chi connectivity index (χ0) is 28.1. The molecule has 202 valence electrons. The van der Waals surface area contributed by atoms with Crippen LogP contribution >= 0.6 is 0 Å². The summed E-state index contributed by atoms with van der Waals surface area (Å²) in [5.74, 6) is -1.24. The van der Waals surface area contributed by atoms with Crippen LogP contribution in [0.4, 0.5) is 15.8 Å². The summed E-state index contributed by atoms with van der Waals surface area (Å²) in [6.07, 6.45) is 1.32. The fourth-order valence-electron chi connectivity index (χ4n) is 4.17. The van der Waals surface area contributed by atoms with E-state index in [2.05, 4.69) is 10.3 Å². The van der Waals surface area contributed by atoms with Crippen molar-refractivity contribution in [3.05, 3.63) is 98.1 Å². The Morgan fingerprint density at radius 3 is 2.33 bits per heavy atom. The lowest BCUT2D eigenvalue weighted by molar-refractivity contribution is -0.385. The Morgan fingerprint density at radius 2 is 1.67 bits per heavy atom. The van der Waals surface area contributed by atoms with Crippen LogP contribution in [0.2, 0.25) is 0 Å². The highest BCUT2D eigenvalue weighted by atomic mass is 19.1. The smallest absolute Gasteiger partial charge is 0.287 e. The van der Waals surface area contributed by atoms with E-state index in [0.717, 1.165) is 18.2 Å². The molecule has 1 amide bonds. The largest absolute Gasteiger partial charge is 0.348 e. The first-order chi connectivity index (χ1) is 18.7. The SMILES string of the molecule is NCCCC(N)CNC(=O)c1nc2cc(-c3ccc([N+](=O)[O-])cc3)ccc2n1Cc1cc([N+](=O)[O-])ccc1F. The van der Waals surface area contributed by atoms with Crippen molar-refractivity contribution < 1.29 is 19.0 Å². The Bertz CT molecular complexity index is 1540. The second-order valence-electron chi connectivity index (χ2n) is 8.96. The van der Waals surface area contributed by atoms with E-state index in [9.17, 15) is 29.4 Å². The van der Waals surface area contributed by atoms with Gasteiger partial charge in [-0.2, -0.15) is 0 Å². The third-order valence-electron chi connectivity index (χ3n) is 6.24. The Kier molecular flexibility index (Phi) is 8.22. The standard InChI is InChI=1S/C26H26FN7O5/c27-22-9-8-21(34(38)39)12-18(22)15-32-24-10-5-17(16-3-6-20(7-4-16)33(36)37)13-23(24)31-25(32)26(35)30-14-19(29)2-1-11-28/h3-10,12-13,19H,1-2,11,14-15,28-29H2,(H,30,35). The molecular weight excluding hydrogens is 509 g/mol. The molecule has 0 spiro atoms. The van der Waals surface area contributed by atoms with Crippen molar-refractivity contribution in [2.45, 2.75) is 25.4 Å². The quantitative estimate of drug-likeness (QED) is 0.192. The van der Waals surface area contributed by atoms with Gasteiger partial charge in [0.15, 0.2) is 5.82 Å². The number of carbonyl (C=O) groups is 1. The third kappa shape index (κ3) is 6.22. The zero-order valence-corrected chi connectivity index (χ0v) is 20.7. The van der Waals surface area contributed by atoms with Crippen molar-refractivity contribution in [3.8, 4) is 11.1 Å². The number of nitrogens with two attached hydrogens (primary N) is 2. The summed E-state index contributed by atoms with van der Waals surface area (Å²) in [6, 6.07) is 14.0. The number of hydrogen-bond acceptors (Lipinski definition) is 8. The van der Waals surface area contributed by atoms with Gasteiger partial charge in [-0.25, -0.2) is 9.37 Å². The minimum Gasteiger partial charge on any atom is -0.348 e. The summed E-state index contributed by atoms with van der Waals surface area (Å²) >= 11 is 0. The number of nitro benzene ring substituents is 2. The number of hydrogen-bond donors (Lipinski definition) is 3. The van der Waals surface area contributed by atoms with Crippen molar-refractivity contribution in [2.24, 2.45) is 11.5 Å². The van der Waals surface area contributed by atoms with E-state index in [-0.39, 0.29) is 41.9 Å². The molecule has 0 aliphatic rings. The minimum absolute atomic E-state index is 0.0108. The van der Waals surface area contributed by atoms with Gasteiger partial charge in [-0.05, 0) is 60.8 Å². The summed E-state index contributed by atoms with van der Waals surface area (Å²) in [7, 11) is 0. The van der Waals surface area contributed by atoms with Gasteiger partial charge >= 0.3 is 0 Å². The Hall–Kier alpha value is -4.75. The van der Waals surface area contributed by atoms with Gasteiger partial charge in [-0.1, -0.05) is 6.07 Å². The van der Waals surface area contributed by atoms with Gasteiger partial charge in [-0.3, -0.25) is 25.0 Å². The zero-order valence-electron chi connectivity index (χ0n) is 20.7. The number of amides is 1. The molecule has 13 heteroatoms. The van der Waals surface area contributed by atoms with Gasteiger partial charge in [0.1, 0.15) is 5.82 Å². The maximum absolute atomic E-state index is 14.7. The van der Waals surface area contributed by atoms with Crippen LogP contribution in [0.1, 0.15) is 29.0 Å². The van der Waals surface area contributed by atoms with Crippen LogP contribution in [0.25, 0.3) is 22.2 Å². The number of halogens is 1. The molecule has 0 saturated carbocycles. The fraction of sp³-hybridized carbons (Fsp3) is 0.231. The first kappa shape index (κ1) is 27.3. The van der Waals surface area contributed by atoms with Crippen molar-refractivity contribution in [1.29, 1.82) is 0 Å². The van der Waals surface area contributed by atoms with E-state index < -0.39 is 21.6 Å².